The SMILES string of the molecule is CC1(C)S[C@H]2N(C(=O)[C@]2(C#N)NC(=O)C(Sc2ccccc2)C2CCCC2)[C@H]1C(=O)O. The molecule has 2 N–H and O–H groups in total. The van der Waals surface area contributed by atoms with E-state index in [2.05, 4.69) is 5.32 Å². The molecule has 1 aromatic carbocycles. The Labute approximate surface area is 189 Å². The summed E-state index contributed by atoms with van der Waals surface area (Å²) in [6, 6.07) is 10.6. The minimum absolute atomic E-state index is 0.173. The van der Waals surface area contributed by atoms with Crippen molar-refractivity contribution in [2.24, 2.45) is 5.92 Å². The normalized spacial score (nSPS) is 30.2. The Morgan fingerprint density at radius 2 is 1.94 bits per heavy atom. The number of rotatable bonds is 6. The number of aliphatic carboxylic acids is 1. The fourth-order valence-corrected chi connectivity index (χ4v) is 7.72. The van der Waals surface area contributed by atoms with E-state index >= 15 is 0 Å². The molecule has 1 saturated carbocycles. The zero-order valence-electron chi connectivity index (χ0n) is 17.4. The molecule has 164 valence electrons. The Kier molecular flexibility index (Phi) is 5.73. The number of benzene rings is 1. The van der Waals surface area contributed by atoms with E-state index in [-0.39, 0.29) is 11.8 Å². The minimum atomic E-state index is -1.72. The van der Waals surface area contributed by atoms with Crippen molar-refractivity contribution in [3.63, 3.8) is 0 Å². The average molecular weight is 460 g/mol. The van der Waals surface area contributed by atoms with Crippen LogP contribution in [0.4, 0.5) is 0 Å². The first-order valence-electron chi connectivity index (χ1n) is 10.4. The van der Waals surface area contributed by atoms with E-state index in [0.29, 0.717) is 0 Å². The lowest BCUT2D eigenvalue weighted by atomic mass is 9.85. The van der Waals surface area contributed by atoms with E-state index in [4.69, 9.17) is 0 Å². The quantitative estimate of drug-likeness (QED) is 0.497. The molecule has 3 aliphatic rings. The van der Waals surface area contributed by atoms with Gasteiger partial charge in [-0.25, -0.2) is 4.79 Å². The Hall–Kier alpha value is -2.18. The molecule has 2 aliphatic heterocycles. The van der Waals surface area contributed by atoms with Gasteiger partial charge in [0.25, 0.3) is 5.91 Å². The highest BCUT2D eigenvalue weighted by atomic mass is 32.2. The molecule has 1 aromatic rings. The topological polar surface area (TPSA) is 111 Å². The van der Waals surface area contributed by atoms with E-state index in [1.807, 2.05) is 36.4 Å². The lowest BCUT2D eigenvalue weighted by Crippen LogP contribution is -2.79. The molecule has 1 aliphatic carbocycles. The second kappa shape index (κ2) is 8.06. The summed E-state index contributed by atoms with van der Waals surface area (Å²) in [6.45, 7) is 3.50. The van der Waals surface area contributed by atoms with Crippen LogP contribution in [0.15, 0.2) is 35.2 Å². The first-order chi connectivity index (χ1) is 14.7. The molecule has 31 heavy (non-hydrogen) atoms. The van der Waals surface area contributed by atoms with Gasteiger partial charge in [-0.05, 0) is 44.7 Å². The van der Waals surface area contributed by atoms with E-state index < -0.39 is 38.8 Å². The molecule has 9 heteroatoms. The van der Waals surface area contributed by atoms with Gasteiger partial charge in [0.15, 0.2) is 0 Å². The number of amides is 2. The summed E-state index contributed by atoms with van der Waals surface area (Å²) >= 11 is 2.72. The first-order valence-corrected chi connectivity index (χ1v) is 12.2. The van der Waals surface area contributed by atoms with Crippen LogP contribution in [0.5, 0.6) is 0 Å². The standard InChI is InChI=1S/C22H25N3O4S2/c1-21(2)16(18(27)28)25-19(29)22(12-23,20(25)31-21)24-17(26)15(13-8-6-7-9-13)30-14-10-4-3-5-11-14/h3-5,10-11,13,15-16,20H,6-9H2,1-2H3,(H,24,26)(H,27,28)/t15?,16-,20+,22-/m0/s1. The highest BCUT2D eigenvalue weighted by Crippen LogP contribution is 2.55. The van der Waals surface area contributed by atoms with Crippen LogP contribution in [-0.2, 0) is 14.4 Å². The molecule has 0 bridgehead atoms. The zero-order valence-corrected chi connectivity index (χ0v) is 19.0. The number of β-lactam (4-membered cyclic amide) rings is 1. The number of carbonyl (C=O) groups is 3. The van der Waals surface area contributed by atoms with Gasteiger partial charge < -0.3 is 15.3 Å². The highest BCUT2D eigenvalue weighted by Gasteiger charge is 2.73. The molecule has 1 unspecified atom stereocenters. The van der Waals surface area contributed by atoms with E-state index in [1.54, 1.807) is 13.8 Å². The highest BCUT2D eigenvalue weighted by molar-refractivity contribution is 8.01. The van der Waals surface area contributed by atoms with Gasteiger partial charge in [-0.15, -0.1) is 23.5 Å². The van der Waals surface area contributed by atoms with Crippen LogP contribution in [0.1, 0.15) is 39.5 Å². The largest absolute Gasteiger partial charge is 0.480 e. The Balaban J connectivity index is 1.58. The number of hydrogen-bond acceptors (Lipinski definition) is 6. The zero-order chi connectivity index (χ0) is 22.4. The maximum atomic E-state index is 13.4. The average Bonchev–Trinajstić information content (AvgIpc) is 3.35. The Morgan fingerprint density at radius 1 is 1.29 bits per heavy atom. The van der Waals surface area contributed by atoms with Gasteiger partial charge in [-0.2, -0.15) is 5.26 Å². The number of nitrogens with one attached hydrogen (secondary N) is 1. The van der Waals surface area contributed by atoms with Crippen molar-refractivity contribution in [2.45, 2.75) is 71.4 Å². The summed E-state index contributed by atoms with van der Waals surface area (Å²) in [7, 11) is 0. The van der Waals surface area contributed by atoms with Crippen LogP contribution in [0.2, 0.25) is 0 Å². The van der Waals surface area contributed by atoms with Gasteiger partial charge in [-0.3, -0.25) is 9.59 Å². The number of nitrogens with zero attached hydrogens (tertiary/aromatic N) is 2. The number of carboxylic acid groups (broad SMARTS) is 1. The molecule has 0 spiro atoms. The molecule has 0 radical (unpaired) electrons. The molecule has 2 amide bonds. The van der Waals surface area contributed by atoms with E-state index in [0.717, 1.165) is 30.6 Å². The van der Waals surface area contributed by atoms with Crippen LogP contribution < -0.4 is 5.32 Å². The summed E-state index contributed by atoms with van der Waals surface area (Å²) in [4.78, 5) is 40.5. The molecule has 3 fully saturated rings. The smallest absolute Gasteiger partial charge is 0.327 e. The van der Waals surface area contributed by atoms with Gasteiger partial charge in [0.05, 0.1) is 5.25 Å². The number of thioether (sulfide) groups is 2. The van der Waals surface area contributed by atoms with Crippen molar-refractivity contribution in [1.82, 2.24) is 10.2 Å². The van der Waals surface area contributed by atoms with Gasteiger partial charge in [0.1, 0.15) is 17.5 Å². The summed E-state index contributed by atoms with van der Waals surface area (Å²) in [6.07, 6.45) is 3.99. The monoisotopic (exact) mass is 459 g/mol. The molecule has 2 heterocycles. The van der Waals surface area contributed by atoms with Gasteiger partial charge in [0, 0.05) is 9.64 Å². The summed E-state index contributed by atoms with van der Waals surface area (Å²) in [5.74, 6) is -1.89. The lowest BCUT2D eigenvalue weighted by molar-refractivity contribution is -0.165. The van der Waals surface area contributed by atoms with Crippen LogP contribution in [-0.4, -0.2) is 54.7 Å². The first kappa shape index (κ1) is 22.0. The number of hydrogen-bond donors (Lipinski definition) is 2. The third kappa shape index (κ3) is 3.60. The van der Waals surface area contributed by atoms with Crippen LogP contribution in [0, 0.1) is 17.2 Å². The number of fused-ring (bicyclic) bond motifs is 1. The molecule has 0 aromatic heterocycles. The fourth-order valence-electron chi connectivity index (χ4n) is 4.84. The van der Waals surface area contributed by atoms with E-state index in [1.165, 1.54) is 28.4 Å². The van der Waals surface area contributed by atoms with Gasteiger partial charge in [0.2, 0.25) is 11.4 Å². The molecule has 2 saturated heterocycles. The Bertz CT molecular complexity index is 942. The summed E-state index contributed by atoms with van der Waals surface area (Å²) < 4.78 is -0.765. The molecule has 7 nitrogen and oxygen atoms in total. The van der Waals surface area contributed by atoms with Crippen LogP contribution in [0.3, 0.4) is 0 Å². The van der Waals surface area contributed by atoms with Crippen LogP contribution in [0.25, 0.3) is 0 Å². The third-order valence-electron chi connectivity index (χ3n) is 6.37. The second-order valence-corrected chi connectivity index (χ2v) is 11.8. The molecule has 4 atom stereocenters. The van der Waals surface area contributed by atoms with Gasteiger partial charge in [-0.1, -0.05) is 31.0 Å². The fraction of sp³-hybridized carbons (Fsp3) is 0.545. The molecular formula is C22H25N3O4S2. The minimum Gasteiger partial charge on any atom is -0.480 e. The maximum Gasteiger partial charge on any atom is 0.327 e. The number of carbonyl (C=O) groups excluding carboxylic acids is 2. The summed E-state index contributed by atoms with van der Waals surface area (Å²) in [5, 5.41) is 21.2. The predicted octanol–water partition coefficient (Wildman–Crippen LogP) is 2.86. The van der Waals surface area contributed by atoms with Crippen molar-refractivity contribution in [1.29, 1.82) is 5.26 Å². The maximum absolute atomic E-state index is 13.4. The van der Waals surface area contributed by atoms with Crippen molar-refractivity contribution >= 4 is 41.3 Å². The summed E-state index contributed by atoms with van der Waals surface area (Å²) in [5.41, 5.74) is -1.72. The van der Waals surface area contributed by atoms with Gasteiger partial charge >= 0.3 is 5.97 Å². The number of nitriles is 1. The Morgan fingerprint density at radius 3 is 2.52 bits per heavy atom. The number of carboxylic acids is 1. The van der Waals surface area contributed by atoms with Crippen molar-refractivity contribution in [3.8, 4) is 6.07 Å². The van der Waals surface area contributed by atoms with E-state index in [9.17, 15) is 24.8 Å². The van der Waals surface area contributed by atoms with Crippen molar-refractivity contribution in [2.75, 3.05) is 0 Å². The molecule has 4 rings (SSSR count). The second-order valence-electron chi connectivity index (χ2n) is 8.83. The van der Waals surface area contributed by atoms with Crippen molar-refractivity contribution in [3.05, 3.63) is 30.3 Å². The lowest BCUT2D eigenvalue weighted by Gasteiger charge is -2.49. The third-order valence-corrected chi connectivity index (χ3v) is 9.40. The predicted molar refractivity (Wildman–Crippen MR) is 118 cm³/mol. The molecular weight excluding hydrogens is 434 g/mol. The van der Waals surface area contributed by atoms with Crippen LogP contribution >= 0.6 is 23.5 Å². The van der Waals surface area contributed by atoms with Crippen molar-refractivity contribution < 1.29 is 19.5 Å².